The fourth-order valence-electron chi connectivity index (χ4n) is 1.77. The van der Waals surface area contributed by atoms with E-state index in [9.17, 15) is 9.90 Å². The molecule has 4 nitrogen and oxygen atoms in total. The molecule has 2 aromatic carbocycles. The number of phenolic OH excluding ortho intramolecular Hbond substituents is 1. The summed E-state index contributed by atoms with van der Waals surface area (Å²) < 4.78 is 6.43. The molecule has 0 heterocycles. The lowest BCUT2D eigenvalue weighted by atomic mass is 10.2. The molecule has 1 amide bonds. The van der Waals surface area contributed by atoms with E-state index in [4.69, 9.17) is 4.74 Å². The summed E-state index contributed by atoms with van der Waals surface area (Å²) in [5.41, 5.74) is 1.02. The van der Waals surface area contributed by atoms with E-state index in [-0.39, 0.29) is 11.7 Å². The Morgan fingerprint density at radius 1 is 1.24 bits per heavy atom. The van der Waals surface area contributed by atoms with Crippen molar-refractivity contribution in [2.45, 2.75) is 6.92 Å². The Bertz CT molecular complexity index is 651. The number of hydrogen-bond acceptors (Lipinski definition) is 3. The number of hydrogen-bond donors (Lipinski definition) is 2. The van der Waals surface area contributed by atoms with Gasteiger partial charge in [-0.25, -0.2) is 0 Å². The minimum Gasteiger partial charge on any atom is -0.506 e. The number of phenols is 1. The average molecular weight is 415 g/mol. The Balaban J connectivity index is 2.26. The molecule has 0 aliphatic carbocycles. The molecule has 6 heteroatoms. The lowest BCUT2D eigenvalue weighted by molar-refractivity contribution is 0.102. The third-order valence-electron chi connectivity index (χ3n) is 2.71. The predicted molar refractivity (Wildman–Crippen MR) is 89.1 cm³/mol. The van der Waals surface area contributed by atoms with Gasteiger partial charge in [-0.05, 0) is 63.0 Å². The molecule has 0 unspecified atom stereocenters. The zero-order valence-corrected chi connectivity index (χ0v) is 14.4. The van der Waals surface area contributed by atoms with Crippen LogP contribution in [0.15, 0.2) is 45.3 Å². The number of aromatic hydroxyl groups is 1. The molecule has 2 N–H and O–H groups in total. The van der Waals surface area contributed by atoms with Gasteiger partial charge >= 0.3 is 0 Å². The molecule has 0 atom stereocenters. The highest BCUT2D eigenvalue weighted by Crippen LogP contribution is 2.35. The quantitative estimate of drug-likeness (QED) is 0.720. The highest BCUT2D eigenvalue weighted by Gasteiger charge is 2.13. The van der Waals surface area contributed by atoms with Crippen molar-refractivity contribution in [1.82, 2.24) is 0 Å². The molecule has 0 radical (unpaired) electrons. The number of halogens is 2. The third-order valence-corrected chi connectivity index (χ3v) is 3.92. The number of anilines is 1. The minimum atomic E-state index is -0.275. The predicted octanol–water partition coefficient (Wildman–Crippen LogP) is 4.57. The third kappa shape index (κ3) is 3.77. The first kappa shape index (κ1) is 15.9. The largest absolute Gasteiger partial charge is 0.506 e. The van der Waals surface area contributed by atoms with Crippen molar-refractivity contribution < 1.29 is 14.6 Å². The maximum absolute atomic E-state index is 12.3. The van der Waals surface area contributed by atoms with Crippen molar-refractivity contribution in [3.63, 3.8) is 0 Å². The number of amides is 1. The van der Waals surface area contributed by atoms with Crippen molar-refractivity contribution in [3.8, 4) is 11.5 Å². The number of para-hydroxylation sites is 1. The molecular formula is C15H13Br2NO3. The molecule has 21 heavy (non-hydrogen) atoms. The number of carbonyl (C=O) groups is 1. The van der Waals surface area contributed by atoms with Crippen LogP contribution < -0.4 is 10.1 Å². The monoisotopic (exact) mass is 413 g/mol. The van der Waals surface area contributed by atoms with Crippen molar-refractivity contribution >= 4 is 43.5 Å². The molecule has 0 spiro atoms. The van der Waals surface area contributed by atoms with Gasteiger partial charge in [0.2, 0.25) is 0 Å². The maximum atomic E-state index is 12.3. The Kier molecular flexibility index (Phi) is 5.25. The van der Waals surface area contributed by atoms with Gasteiger partial charge in [0.1, 0.15) is 11.5 Å². The summed E-state index contributed by atoms with van der Waals surface area (Å²) in [6, 6.07) is 10.3. The zero-order valence-electron chi connectivity index (χ0n) is 11.2. The van der Waals surface area contributed by atoms with Crippen molar-refractivity contribution in [1.29, 1.82) is 0 Å². The van der Waals surface area contributed by atoms with Crippen LogP contribution in [-0.2, 0) is 0 Å². The zero-order chi connectivity index (χ0) is 15.4. The second-order valence-electron chi connectivity index (χ2n) is 4.17. The van der Waals surface area contributed by atoms with Gasteiger partial charge in [0, 0.05) is 5.69 Å². The van der Waals surface area contributed by atoms with E-state index in [1.807, 2.05) is 13.0 Å². The summed E-state index contributed by atoms with van der Waals surface area (Å²) >= 11 is 6.45. The standard InChI is InChI=1S/C15H13Br2NO3/c1-2-21-13-6-4-3-5-10(13)15(20)18-9-7-11(16)14(19)12(17)8-9/h3-8,19H,2H2,1H3,(H,18,20). The first-order chi connectivity index (χ1) is 10.0. The van der Waals surface area contributed by atoms with Gasteiger partial charge < -0.3 is 15.2 Å². The average Bonchev–Trinajstić information content (AvgIpc) is 2.45. The van der Waals surface area contributed by atoms with Crippen LogP contribution in [-0.4, -0.2) is 17.6 Å². The molecule has 0 aliphatic rings. The molecule has 0 bridgehead atoms. The molecule has 2 rings (SSSR count). The van der Waals surface area contributed by atoms with Crippen LogP contribution in [0.4, 0.5) is 5.69 Å². The van der Waals surface area contributed by atoms with Gasteiger partial charge in [-0.1, -0.05) is 12.1 Å². The SMILES string of the molecule is CCOc1ccccc1C(=O)Nc1cc(Br)c(O)c(Br)c1. The van der Waals surface area contributed by atoms with Crippen molar-refractivity contribution in [2.24, 2.45) is 0 Å². The van der Waals surface area contributed by atoms with Crippen LogP contribution in [0.2, 0.25) is 0 Å². The van der Waals surface area contributed by atoms with E-state index >= 15 is 0 Å². The lowest BCUT2D eigenvalue weighted by Gasteiger charge is -2.11. The van der Waals surface area contributed by atoms with Gasteiger partial charge in [-0.15, -0.1) is 0 Å². The number of ether oxygens (including phenoxy) is 1. The second kappa shape index (κ2) is 6.95. The van der Waals surface area contributed by atoms with Crippen LogP contribution in [0.25, 0.3) is 0 Å². The fourth-order valence-corrected chi connectivity index (χ4v) is 2.96. The highest BCUT2D eigenvalue weighted by molar-refractivity contribution is 9.11. The molecule has 110 valence electrons. The number of benzene rings is 2. The molecular weight excluding hydrogens is 402 g/mol. The van der Waals surface area contributed by atoms with E-state index in [0.717, 1.165) is 0 Å². The Labute approximate surface area is 139 Å². The minimum absolute atomic E-state index is 0.0858. The van der Waals surface area contributed by atoms with Gasteiger partial charge in [0.15, 0.2) is 0 Å². The van der Waals surface area contributed by atoms with Gasteiger partial charge in [-0.2, -0.15) is 0 Å². The fraction of sp³-hybridized carbons (Fsp3) is 0.133. The molecule has 0 saturated heterocycles. The molecule has 0 aliphatic heterocycles. The maximum Gasteiger partial charge on any atom is 0.259 e. The summed E-state index contributed by atoms with van der Waals surface area (Å²) in [5, 5.41) is 12.4. The van der Waals surface area contributed by atoms with Crippen LogP contribution in [0.5, 0.6) is 11.5 Å². The van der Waals surface area contributed by atoms with E-state index in [1.165, 1.54) is 0 Å². The molecule has 0 aromatic heterocycles. The van der Waals surface area contributed by atoms with Crippen molar-refractivity contribution in [3.05, 3.63) is 50.9 Å². The topological polar surface area (TPSA) is 58.6 Å². The molecule has 0 fully saturated rings. The number of carbonyl (C=O) groups excluding carboxylic acids is 1. The van der Waals surface area contributed by atoms with Crippen LogP contribution in [0.3, 0.4) is 0 Å². The van der Waals surface area contributed by atoms with E-state index < -0.39 is 0 Å². The molecule has 2 aromatic rings. The smallest absolute Gasteiger partial charge is 0.259 e. The van der Waals surface area contributed by atoms with E-state index in [2.05, 4.69) is 37.2 Å². The van der Waals surface area contributed by atoms with Crippen molar-refractivity contribution in [2.75, 3.05) is 11.9 Å². The highest BCUT2D eigenvalue weighted by atomic mass is 79.9. The lowest BCUT2D eigenvalue weighted by Crippen LogP contribution is -2.13. The van der Waals surface area contributed by atoms with E-state index in [1.54, 1.807) is 30.3 Å². The van der Waals surface area contributed by atoms with Gasteiger partial charge in [0.05, 0.1) is 21.1 Å². The molecule has 0 saturated carbocycles. The summed E-state index contributed by atoms with van der Waals surface area (Å²) in [6.07, 6.45) is 0. The van der Waals surface area contributed by atoms with Gasteiger partial charge in [-0.3, -0.25) is 4.79 Å². The Morgan fingerprint density at radius 3 is 2.48 bits per heavy atom. The summed E-state index contributed by atoms with van der Waals surface area (Å²) in [4.78, 5) is 12.3. The van der Waals surface area contributed by atoms with Crippen LogP contribution in [0.1, 0.15) is 17.3 Å². The summed E-state index contributed by atoms with van der Waals surface area (Å²) in [5.74, 6) is 0.348. The Morgan fingerprint density at radius 2 is 1.86 bits per heavy atom. The van der Waals surface area contributed by atoms with Gasteiger partial charge in [0.25, 0.3) is 5.91 Å². The first-order valence-electron chi connectivity index (χ1n) is 6.24. The van der Waals surface area contributed by atoms with Crippen LogP contribution in [0, 0.1) is 0 Å². The number of rotatable bonds is 4. The van der Waals surface area contributed by atoms with Crippen LogP contribution >= 0.6 is 31.9 Å². The number of nitrogens with one attached hydrogen (secondary N) is 1. The summed E-state index contributed by atoms with van der Waals surface area (Å²) in [6.45, 7) is 2.35. The normalized spacial score (nSPS) is 10.2. The Hall–Kier alpha value is -1.53. The van der Waals surface area contributed by atoms with E-state index in [0.29, 0.717) is 32.6 Å². The first-order valence-corrected chi connectivity index (χ1v) is 7.82. The summed E-state index contributed by atoms with van der Waals surface area (Å²) in [7, 11) is 0. The second-order valence-corrected chi connectivity index (χ2v) is 5.88.